The zero-order valence-corrected chi connectivity index (χ0v) is 39.5. The molecule has 0 spiro atoms. The van der Waals surface area contributed by atoms with Gasteiger partial charge in [0.25, 0.3) is 0 Å². The number of aliphatic hydroxyl groups is 1. The summed E-state index contributed by atoms with van der Waals surface area (Å²) in [7, 11) is 4.35. The molecular formula is C49H57NO13S2. The van der Waals surface area contributed by atoms with Crippen LogP contribution < -0.4 is 0 Å². The lowest BCUT2D eigenvalue weighted by Crippen LogP contribution is -2.81. The highest BCUT2D eigenvalue weighted by atomic mass is 33.1. The second-order valence-corrected chi connectivity index (χ2v) is 20.5. The minimum absolute atomic E-state index is 0.0134. The Labute approximate surface area is 387 Å². The summed E-state index contributed by atoms with van der Waals surface area (Å²) in [5.41, 5.74) is -4.67. The van der Waals surface area contributed by atoms with Crippen molar-refractivity contribution in [2.45, 2.75) is 114 Å². The Morgan fingerprint density at radius 1 is 0.969 bits per heavy atom. The fourth-order valence-electron chi connectivity index (χ4n) is 10.9. The van der Waals surface area contributed by atoms with Gasteiger partial charge in [-0.2, -0.15) is 0 Å². The molecule has 3 aromatic rings. The van der Waals surface area contributed by atoms with Crippen molar-refractivity contribution in [2.75, 3.05) is 26.1 Å². The molecule has 1 N–H and O–H groups in total. The van der Waals surface area contributed by atoms with Crippen LogP contribution in [0.5, 0.6) is 0 Å². The van der Waals surface area contributed by atoms with Crippen molar-refractivity contribution in [3.8, 4) is 0 Å². The molecule has 3 aliphatic carbocycles. The van der Waals surface area contributed by atoms with Crippen LogP contribution in [0.2, 0.25) is 0 Å². The molecule has 0 amide bonds. The van der Waals surface area contributed by atoms with E-state index < -0.39 is 94.4 Å². The highest BCUT2D eigenvalue weighted by Gasteiger charge is 2.78. The van der Waals surface area contributed by atoms with Crippen molar-refractivity contribution >= 4 is 51.4 Å². The number of hydrogen-bond donors (Lipinski definition) is 1. The van der Waals surface area contributed by atoms with Crippen LogP contribution >= 0.6 is 21.6 Å². The van der Waals surface area contributed by atoms with Gasteiger partial charge in [0.1, 0.15) is 41.3 Å². The maximum atomic E-state index is 15.6. The average Bonchev–Trinajstić information content (AvgIpc) is 3.28. The number of rotatable bonds is 14. The van der Waals surface area contributed by atoms with Gasteiger partial charge in [0.2, 0.25) is 6.10 Å². The van der Waals surface area contributed by atoms with E-state index in [9.17, 15) is 24.3 Å². The van der Waals surface area contributed by atoms with Crippen LogP contribution in [0.3, 0.4) is 0 Å². The molecule has 7 rings (SSSR count). The van der Waals surface area contributed by atoms with E-state index in [1.165, 1.54) is 35.6 Å². The maximum absolute atomic E-state index is 15.6. The van der Waals surface area contributed by atoms with Crippen molar-refractivity contribution in [3.63, 3.8) is 0 Å². The Hall–Kier alpha value is -4.74. The lowest BCUT2D eigenvalue weighted by molar-refractivity contribution is -0.346. The first-order valence-corrected chi connectivity index (χ1v) is 24.1. The van der Waals surface area contributed by atoms with E-state index in [2.05, 4.69) is 4.98 Å². The summed E-state index contributed by atoms with van der Waals surface area (Å²) in [5.74, 6) is -5.12. The number of hydrogen-bond acceptors (Lipinski definition) is 16. The second-order valence-electron chi connectivity index (χ2n) is 18.0. The van der Waals surface area contributed by atoms with Crippen LogP contribution in [-0.4, -0.2) is 108 Å². The van der Waals surface area contributed by atoms with Gasteiger partial charge in [-0.15, -0.1) is 0 Å². The normalized spacial score (nSPS) is 31.0. The van der Waals surface area contributed by atoms with E-state index in [1.807, 2.05) is 24.3 Å². The monoisotopic (exact) mass is 931 g/mol. The van der Waals surface area contributed by atoms with E-state index in [0.29, 0.717) is 22.5 Å². The van der Waals surface area contributed by atoms with Crippen LogP contribution in [0.4, 0.5) is 4.79 Å². The number of esters is 3. The van der Waals surface area contributed by atoms with Crippen molar-refractivity contribution in [1.82, 2.24) is 4.98 Å². The lowest BCUT2D eigenvalue weighted by Gasteiger charge is -2.68. The molecule has 3 fully saturated rings. The summed E-state index contributed by atoms with van der Waals surface area (Å²) in [6, 6.07) is 22.8. The van der Waals surface area contributed by atoms with E-state index in [4.69, 9.17) is 33.2 Å². The number of methoxy groups -OCH3 is 1. The zero-order valence-electron chi connectivity index (χ0n) is 37.8. The highest BCUT2D eigenvalue weighted by molar-refractivity contribution is 8.76. The molecule has 2 aromatic carbocycles. The molecule has 65 heavy (non-hydrogen) atoms. The van der Waals surface area contributed by atoms with E-state index in [-0.39, 0.29) is 37.4 Å². The molecular weight excluding hydrogens is 875 g/mol. The first-order chi connectivity index (χ1) is 30.9. The number of pyridine rings is 1. The lowest BCUT2D eigenvalue weighted by atomic mass is 9.43. The van der Waals surface area contributed by atoms with Gasteiger partial charge in [0.15, 0.2) is 5.60 Å². The Bertz CT molecular complexity index is 2280. The standard InChI is InChI=1S/C49H57NO13S2/c1-28(32-17-11-9-12-18-32)39(61-45(55)58-23-24-64-65-37-21-15-16-22-50-37)44(54)60-34-26-49(56)42(62-43(53)33-19-13-10-14-20-33)40-47(7,41(52)30(3)38(29(34)2)46(49,5)6)35(57-8)25-36-48(40,27-59-36)63-31(4)51/h9-22,28,30,34-36,39-40,42,56H,23-27H2,1-8H3. The summed E-state index contributed by atoms with van der Waals surface area (Å²) in [4.78, 5) is 75.3. The minimum Gasteiger partial charge on any atom is -0.455 e. The summed E-state index contributed by atoms with van der Waals surface area (Å²) < 4.78 is 42.6. The summed E-state index contributed by atoms with van der Waals surface area (Å²) in [6.07, 6.45) is -5.45. The van der Waals surface area contributed by atoms with Crippen LogP contribution in [0.1, 0.15) is 83.1 Å². The number of benzene rings is 2. The molecule has 14 nitrogen and oxygen atoms in total. The molecule has 1 saturated heterocycles. The number of Topliss-reactive ketones (excluding diaryl/α,β-unsaturated/α-hetero) is 1. The van der Waals surface area contributed by atoms with Gasteiger partial charge in [-0.25, -0.2) is 19.4 Å². The van der Waals surface area contributed by atoms with Crippen molar-refractivity contribution in [1.29, 1.82) is 0 Å². The number of carbonyl (C=O) groups excluding carboxylic acids is 5. The number of carbonyl (C=O) groups is 5. The number of fused-ring (bicyclic) bond motifs is 5. The predicted molar refractivity (Wildman–Crippen MR) is 241 cm³/mol. The van der Waals surface area contributed by atoms with E-state index in [0.717, 1.165) is 5.03 Å². The average molecular weight is 932 g/mol. The molecule has 2 bridgehead atoms. The molecule has 16 heteroatoms. The topological polar surface area (TPSA) is 183 Å². The molecule has 4 aliphatic rings. The van der Waals surface area contributed by atoms with Crippen LogP contribution in [0, 0.1) is 22.7 Å². The first-order valence-electron chi connectivity index (χ1n) is 21.8. The molecule has 2 saturated carbocycles. The highest BCUT2D eigenvalue weighted by Crippen LogP contribution is 2.65. The van der Waals surface area contributed by atoms with Gasteiger partial charge in [-0.1, -0.05) is 93.1 Å². The smallest absolute Gasteiger partial charge is 0.455 e. The van der Waals surface area contributed by atoms with Gasteiger partial charge >= 0.3 is 24.1 Å². The Morgan fingerprint density at radius 2 is 1.65 bits per heavy atom. The zero-order chi connectivity index (χ0) is 46.9. The Balaban J connectivity index is 1.27. The van der Waals surface area contributed by atoms with Gasteiger partial charge in [0, 0.05) is 56.1 Å². The van der Waals surface area contributed by atoms with E-state index in [1.54, 1.807) is 102 Å². The van der Waals surface area contributed by atoms with E-state index >= 15 is 4.79 Å². The van der Waals surface area contributed by atoms with Gasteiger partial charge < -0.3 is 38.3 Å². The Morgan fingerprint density at radius 3 is 2.26 bits per heavy atom. The maximum Gasteiger partial charge on any atom is 0.509 e. The molecule has 2 heterocycles. The van der Waals surface area contributed by atoms with Gasteiger partial charge in [-0.3, -0.25) is 9.59 Å². The SMILES string of the molecule is COC1CC2OCC2(OC(C)=O)C2C(OC(=O)c3ccccc3)C3(O)CC(OC(=O)C(OC(=O)OCCSSc4ccccn4)C(C)c4ccccc4)C(C)=C(C(C)C(=O)C12C)C3(C)C. The van der Waals surface area contributed by atoms with Crippen molar-refractivity contribution in [2.24, 2.45) is 22.7 Å². The van der Waals surface area contributed by atoms with Gasteiger partial charge in [-0.05, 0) is 65.6 Å². The quantitative estimate of drug-likeness (QED) is 0.0545. The van der Waals surface area contributed by atoms with Crippen LogP contribution in [-0.2, 0) is 47.5 Å². The van der Waals surface area contributed by atoms with Crippen LogP contribution in [0.25, 0.3) is 0 Å². The number of ketones is 1. The summed E-state index contributed by atoms with van der Waals surface area (Å²) >= 11 is 0. The van der Waals surface area contributed by atoms with Crippen molar-refractivity contribution in [3.05, 3.63) is 107 Å². The second kappa shape index (κ2) is 19.2. The molecule has 11 atom stereocenters. The largest absolute Gasteiger partial charge is 0.509 e. The summed E-state index contributed by atoms with van der Waals surface area (Å²) in [6.45, 7) is 11.6. The molecule has 1 aliphatic heterocycles. The van der Waals surface area contributed by atoms with Crippen molar-refractivity contribution < 1.29 is 62.2 Å². The molecule has 348 valence electrons. The first kappa shape index (κ1) is 48.2. The summed E-state index contributed by atoms with van der Waals surface area (Å²) in [5, 5.41) is 14.6. The number of aromatic nitrogens is 1. The third kappa shape index (κ3) is 8.84. The number of nitrogens with zero attached hydrogens (tertiary/aromatic N) is 1. The fraction of sp³-hybridized carbons (Fsp3) is 0.510. The molecule has 11 unspecified atom stereocenters. The minimum atomic E-state index is -2.12. The predicted octanol–water partition coefficient (Wildman–Crippen LogP) is 7.72. The fourth-order valence-corrected chi connectivity index (χ4v) is 12.6. The molecule has 0 radical (unpaired) electrons. The van der Waals surface area contributed by atoms with Gasteiger partial charge in [0.05, 0.1) is 29.6 Å². The third-order valence-corrected chi connectivity index (χ3v) is 16.4. The van der Waals surface area contributed by atoms with Crippen LogP contribution in [0.15, 0.2) is 101 Å². The Kier molecular flexibility index (Phi) is 14.3. The third-order valence-electron chi connectivity index (χ3n) is 14.1. The number of ether oxygens (including phenoxy) is 7. The molecule has 1 aromatic heterocycles.